The van der Waals surface area contributed by atoms with Crippen molar-refractivity contribution in [3.8, 4) is 0 Å². The number of benzene rings is 1. The molecule has 6 heteroatoms. The van der Waals surface area contributed by atoms with Crippen LogP contribution < -0.4 is 5.32 Å². The summed E-state index contributed by atoms with van der Waals surface area (Å²) in [4.78, 5) is 27.9. The fourth-order valence-corrected chi connectivity index (χ4v) is 2.86. The van der Waals surface area contributed by atoms with Crippen molar-refractivity contribution in [2.24, 2.45) is 0 Å². The monoisotopic (exact) mass is 291 g/mol. The number of carbonyl (C=O) groups excluding carboxylic acids is 2. The third-order valence-electron chi connectivity index (χ3n) is 3.64. The average molecular weight is 292 g/mol. The third-order valence-corrected chi connectivity index (χ3v) is 3.88. The SMILES string of the molecule is Cc1cccc2c1nc(CCl)n2C1CCC(=O)NC1=O. The molecule has 1 fully saturated rings. The van der Waals surface area contributed by atoms with Gasteiger partial charge in [0.2, 0.25) is 11.8 Å². The van der Waals surface area contributed by atoms with Crippen molar-refractivity contribution in [3.05, 3.63) is 29.6 Å². The molecule has 0 spiro atoms. The van der Waals surface area contributed by atoms with Crippen LogP contribution in [0.25, 0.3) is 11.0 Å². The number of carbonyl (C=O) groups is 2. The highest BCUT2D eigenvalue weighted by molar-refractivity contribution is 6.17. The van der Waals surface area contributed by atoms with Gasteiger partial charge in [0, 0.05) is 6.42 Å². The van der Waals surface area contributed by atoms with Gasteiger partial charge in [-0.3, -0.25) is 14.9 Å². The van der Waals surface area contributed by atoms with Gasteiger partial charge in [0.25, 0.3) is 0 Å². The van der Waals surface area contributed by atoms with Gasteiger partial charge < -0.3 is 4.57 Å². The summed E-state index contributed by atoms with van der Waals surface area (Å²) in [6, 6.07) is 5.41. The van der Waals surface area contributed by atoms with Crippen LogP contribution in [0, 0.1) is 6.92 Å². The highest BCUT2D eigenvalue weighted by Gasteiger charge is 2.30. The fraction of sp³-hybridized carbons (Fsp3) is 0.357. The summed E-state index contributed by atoms with van der Waals surface area (Å²) < 4.78 is 1.86. The highest BCUT2D eigenvalue weighted by Crippen LogP contribution is 2.28. The average Bonchev–Trinajstić information content (AvgIpc) is 2.79. The van der Waals surface area contributed by atoms with Crippen LogP contribution in [0.4, 0.5) is 0 Å². The van der Waals surface area contributed by atoms with Gasteiger partial charge in [-0.25, -0.2) is 4.98 Å². The first-order valence-corrected chi connectivity index (χ1v) is 7.01. The maximum atomic E-state index is 12.1. The smallest absolute Gasteiger partial charge is 0.249 e. The summed E-state index contributed by atoms with van der Waals surface area (Å²) in [6.07, 6.45) is 0.817. The minimum absolute atomic E-state index is 0.223. The predicted molar refractivity (Wildman–Crippen MR) is 75.4 cm³/mol. The Bertz CT molecular complexity index is 708. The van der Waals surface area contributed by atoms with Crippen molar-refractivity contribution in [1.82, 2.24) is 14.9 Å². The van der Waals surface area contributed by atoms with Crippen molar-refractivity contribution in [2.75, 3.05) is 0 Å². The summed E-state index contributed by atoms with van der Waals surface area (Å²) in [5.41, 5.74) is 2.78. The van der Waals surface area contributed by atoms with E-state index in [1.165, 1.54) is 0 Å². The molecule has 2 amide bonds. The van der Waals surface area contributed by atoms with E-state index in [-0.39, 0.29) is 17.7 Å². The number of nitrogens with one attached hydrogen (secondary N) is 1. The maximum Gasteiger partial charge on any atom is 0.249 e. The van der Waals surface area contributed by atoms with E-state index < -0.39 is 6.04 Å². The van der Waals surface area contributed by atoms with E-state index in [0.29, 0.717) is 18.7 Å². The topological polar surface area (TPSA) is 64.0 Å². The van der Waals surface area contributed by atoms with Crippen LogP contribution in [-0.4, -0.2) is 21.4 Å². The second-order valence-electron chi connectivity index (χ2n) is 4.94. The van der Waals surface area contributed by atoms with E-state index in [9.17, 15) is 9.59 Å². The summed E-state index contributed by atoms with van der Waals surface area (Å²) in [5.74, 6) is 0.379. The molecule has 1 aliphatic heterocycles. The molecule has 1 aromatic carbocycles. The van der Waals surface area contributed by atoms with Crippen LogP contribution >= 0.6 is 11.6 Å². The Balaban J connectivity index is 2.17. The zero-order valence-corrected chi connectivity index (χ0v) is 11.8. The van der Waals surface area contributed by atoms with Crippen molar-refractivity contribution in [1.29, 1.82) is 0 Å². The number of amides is 2. The molecule has 1 aliphatic rings. The van der Waals surface area contributed by atoms with E-state index in [2.05, 4.69) is 10.3 Å². The van der Waals surface area contributed by atoms with Gasteiger partial charge in [-0.1, -0.05) is 12.1 Å². The first-order chi connectivity index (χ1) is 9.61. The zero-order chi connectivity index (χ0) is 14.3. The number of piperidine rings is 1. The molecule has 1 atom stereocenters. The van der Waals surface area contributed by atoms with Crippen molar-refractivity contribution in [2.45, 2.75) is 31.7 Å². The van der Waals surface area contributed by atoms with Crippen LogP contribution in [0.2, 0.25) is 0 Å². The predicted octanol–water partition coefficient (Wildman–Crippen LogP) is 2.06. The Morgan fingerprint density at radius 3 is 2.95 bits per heavy atom. The zero-order valence-electron chi connectivity index (χ0n) is 11.0. The third kappa shape index (κ3) is 1.98. The van der Waals surface area contributed by atoms with E-state index >= 15 is 0 Å². The summed E-state index contributed by atoms with van der Waals surface area (Å²) >= 11 is 5.97. The number of aromatic nitrogens is 2. The lowest BCUT2D eigenvalue weighted by atomic mass is 10.1. The second-order valence-corrected chi connectivity index (χ2v) is 5.21. The molecule has 0 saturated carbocycles. The normalized spacial score (nSPS) is 19.4. The summed E-state index contributed by atoms with van der Waals surface area (Å²) in [7, 11) is 0. The molecule has 0 radical (unpaired) electrons. The first-order valence-electron chi connectivity index (χ1n) is 6.48. The van der Waals surface area contributed by atoms with Gasteiger partial charge in [0.1, 0.15) is 11.9 Å². The van der Waals surface area contributed by atoms with Gasteiger partial charge in [-0.05, 0) is 25.0 Å². The minimum Gasteiger partial charge on any atom is -0.314 e. The van der Waals surface area contributed by atoms with Gasteiger partial charge in [-0.15, -0.1) is 11.6 Å². The van der Waals surface area contributed by atoms with Crippen LogP contribution in [0.1, 0.15) is 30.3 Å². The molecule has 104 valence electrons. The number of fused-ring (bicyclic) bond motifs is 1. The molecule has 0 bridgehead atoms. The molecule has 20 heavy (non-hydrogen) atoms. The fourth-order valence-electron chi connectivity index (χ4n) is 2.68. The maximum absolute atomic E-state index is 12.1. The van der Waals surface area contributed by atoms with Crippen LogP contribution in [0.5, 0.6) is 0 Å². The Morgan fingerprint density at radius 1 is 1.45 bits per heavy atom. The molecule has 0 aliphatic carbocycles. The minimum atomic E-state index is -0.423. The lowest BCUT2D eigenvalue weighted by Gasteiger charge is -2.24. The summed E-state index contributed by atoms with van der Waals surface area (Å²) in [5, 5.41) is 2.38. The number of rotatable bonds is 2. The van der Waals surface area contributed by atoms with Crippen LogP contribution in [-0.2, 0) is 15.5 Å². The van der Waals surface area contributed by atoms with E-state index in [1.807, 2.05) is 29.7 Å². The molecule has 2 heterocycles. The van der Waals surface area contributed by atoms with Crippen molar-refractivity contribution in [3.63, 3.8) is 0 Å². The van der Waals surface area contributed by atoms with Gasteiger partial charge in [-0.2, -0.15) is 0 Å². The van der Waals surface area contributed by atoms with Gasteiger partial charge in [0.05, 0.1) is 16.9 Å². The Morgan fingerprint density at radius 2 is 2.25 bits per heavy atom. The molecule has 2 aromatic rings. The Labute approximate surface area is 120 Å². The number of aryl methyl sites for hydroxylation is 1. The molecule has 1 unspecified atom stereocenters. The standard InChI is InChI=1S/C14H14ClN3O2/c1-8-3-2-4-9-13(8)16-11(7-15)18(9)10-5-6-12(19)17-14(10)20/h2-4,10H,5-7H2,1H3,(H,17,19,20). The molecule has 3 rings (SSSR count). The number of imidazole rings is 1. The van der Waals surface area contributed by atoms with E-state index in [0.717, 1.165) is 16.6 Å². The van der Waals surface area contributed by atoms with Gasteiger partial charge >= 0.3 is 0 Å². The van der Waals surface area contributed by atoms with Crippen molar-refractivity contribution < 1.29 is 9.59 Å². The highest BCUT2D eigenvalue weighted by atomic mass is 35.5. The van der Waals surface area contributed by atoms with E-state index in [4.69, 9.17) is 11.6 Å². The first kappa shape index (κ1) is 13.1. The van der Waals surface area contributed by atoms with Crippen LogP contribution in [0.15, 0.2) is 18.2 Å². The molecule has 5 nitrogen and oxygen atoms in total. The van der Waals surface area contributed by atoms with Gasteiger partial charge in [0.15, 0.2) is 0 Å². The summed E-state index contributed by atoms with van der Waals surface area (Å²) in [6.45, 7) is 1.97. The molecule has 1 aromatic heterocycles. The lowest BCUT2D eigenvalue weighted by molar-refractivity contribution is -0.135. The molecule has 1 saturated heterocycles. The number of alkyl halides is 1. The Hall–Kier alpha value is -1.88. The Kier molecular flexibility index (Phi) is 3.22. The number of halogens is 1. The number of para-hydroxylation sites is 1. The molecule has 1 N–H and O–H groups in total. The number of hydrogen-bond donors (Lipinski definition) is 1. The van der Waals surface area contributed by atoms with Crippen molar-refractivity contribution >= 4 is 34.4 Å². The largest absolute Gasteiger partial charge is 0.314 e. The number of nitrogens with zero attached hydrogens (tertiary/aromatic N) is 2. The number of hydrogen-bond acceptors (Lipinski definition) is 3. The quantitative estimate of drug-likeness (QED) is 0.680. The number of imide groups is 1. The molecular weight excluding hydrogens is 278 g/mol. The lowest BCUT2D eigenvalue weighted by Crippen LogP contribution is -2.42. The molecular formula is C14H14ClN3O2. The van der Waals surface area contributed by atoms with E-state index in [1.54, 1.807) is 0 Å². The second kappa shape index (κ2) is 4.90. The van der Waals surface area contributed by atoms with Crippen LogP contribution in [0.3, 0.4) is 0 Å².